The van der Waals surface area contributed by atoms with Crippen molar-refractivity contribution in [2.45, 2.75) is 33.8 Å². The van der Waals surface area contributed by atoms with Crippen molar-refractivity contribution < 1.29 is 13.9 Å². The van der Waals surface area contributed by atoms with Gasteiger partial charge in [0, 0.05) is 12.6 Å². The van der Waals surface area contributed by atoms with Crippen LogP contribution < -0.4 is 15.4 Å². The van der Waals surface area contributed by atoms with Crippen LogP contribution in [0.25, 0.3) is 0 Å². The lowest BCUT2D eigenvalue weighted by atomic mass is 10.2. The summed E-state index contributed by atoms with van der Waals surface area (Å²) in [5.74, 6) is 0.385. The van der Waals surface area contributed by atoms with E-state index in [2.05, 4.69) is 10.6 Å². The number of benzene rings is 1. The van der Waals surface area contributed by atoms with E-state index in [9.17, 15) is 9.18 Å². The van der Waals surface area contributed by atoms with Crippen LogP contribution in [0.2, 0.25) is 0 Å². The Balaban J connectivity index is 2.74. The summed E-state index contributed by atoms with van der Waals surface area (Å²) in [7, 11) is 0. The zero-order valence-electron chi connectivity index (χ0n) is 11.8. The van der Waals surface area contributed by atoms with Crippen LogP contribution in [0.4, 0.5) is 14.9 Å². The summed E-state index contributed by atoms with van der Waals surface area (Å²) >= 11 is 0. The Morgan fingerprint density at radius 1 is 1.32 bits per heavy atom. The van der Waals surface area contributed by atoms with Crippen molar-refractivity contribution in [3.05, 3.63) is 24.0 Å². The minimum Gasteiger partial charge on any atom is -0.489 e. The van der Waals surface area contributed by atoms with Crippen LogP contribution in [0.15, 0.2) is 18.2 Å². The summed E-state index contributed by atoms with van der Waals surface area (Å²) in [6.07, 6.45) is -0.0512. The van der Waals surface area contributed by atoms with E-state index in [1.807, 2.05) is 27.7 Å². The van der Waals surface area contributed by atoms with Gasteiger partial charge in [-0.2, -0.15) is 0 Å². The van der Waals surface area contributed by atoms with Crippen LogP contribution in [-0.4, -0.2) is 18.7 Å². The van der Waals surface area contributed by atoms with E-state index in [-0.39, 0.29) is 12.1 Å². The Labute approximate surface area is 113 Å². The van der Waals surface area contributed by atoms with Gasteiger partial charge >= 0.3 is 6.03 Å². The van der Waals surface area contributed by atoms with Crippen molar-refractivity contribution in [1.29, 1.82) is 0 Å². The zero-order chi connectivity index (χ0) is 14.4. The third-order valence-electron chi connectivity index (χ3n) is 2.22. The minimum absolute atomic E-state index is 0.0512. The Morgan fingerprint density at radius 3 is 2.58 bits per heavy atom. The molecule has 0 spiro atoms. The Morgan fingerprint density at radius 2 is 2.00 bits per heavy atom. The smallest absolute Gasteiger partial charge is 0.319 e. The number of carbonyl (C=O) groups is 1. The van der Waals surface area contributed by atoms with Crippen molar-refractivity contribution >= 4 is 11.7 Å². The van der Waals surface area contributed by atoms with Gasteiger partial charge in [-0.1, -0.05) is 13.8 Å². The van der Waals surface area contributed by atoms with E-state index in [1.54, 1.807) is 0 Å². The zero-order valence-corrected chi connectivity index (χ0v) is 11.8. The summed E-state index contributed by atoms with van der Waals surface area (Å²) in [5, 5.41) is 5.30. The fourth-order valence-corrected chi connectivity index (χ4v) is 1.42. The van der Waals surface area contributed by atoms with Gasteiger partial charge in [-0.25, -0.2) is 9.18 Å². The first kappa shape index (κ1) is 15.3. The second kappa shape index (κ2) is 6.97. The van der Waals surface area contributed by atoms with Gasteiger partial charge in [0.25, 0.3) is 0 Å². The van der Waals surface area contributed by atoms with Crippen molar-refractivity contribution in [1.82, 2.24) is 5.32 Å². The average Bonchev–Trinajstić information content (AvgIpc) is 2.29. The van der Waals surface area contributed by atoms with Gasteiger partial charge in [0.2, 0.25) is 0 Å². The van der Waals surface area contributed by atoms with Crippen LogP contribution in [0, 0.1) is 11.7 Å². The molecule has 106 valence electrons. The first-order valence-electron chi connectivity index (χ1n) is 6.39. The molecular formula is C14H21FN2O2. The topological polar surface area (TPSA) is 50.4 Å². The monoisotopic (exact) mass is 268 g/mol. The van der Waals surface area contributed by atoms with Crippen LogP contribution in [0.5, 0.6) is 5.75 Å². The third kappa shape index (κ3) is 5.59. The Hall–Kier alpha value is -1.78. The maximum atomic E-state index is 13.2. The van der Waals surface area contributed by atoms with Crippen LogP contribution >= 0.6 is 0 Å². The van der Waals surface area contributed by atoms with Crippen LogP contribution in [-0.2, 0) is 0 Å². The van der Waals surface area contributed by atoms with E-state index in [0.29, 0.717) is 23.9 Å². The molecule has 4 nitrogen and oxygen atoms in total. The summed E-state index contributed by atoms with van der Waals surface area (Å²) in [4.78, 5) is 11.7. The molecule has 0 heterocycles. The van der Waals surface area contributed by atoms with Gasteiger partial charge in [0.1, 0.15) is 11.6 Å². The minimum atomic E-state index is -0.421. The molecule has 0 aliphatic rings. The average molecular weight is 268 g/mol. The normalized spacial score (nSPS) is 10.7. The summed E-state index contributed by atoms with van der Waals surface area (Å²) in [6.45, 7) is 8.28. The fraction of sp³-hybridized carbons (Fsp3) is 0.500. The number of anilines is 1. The van der Waals surface area contributed by atoms with Gasteiger partial charge < -0.3 is 15.4 Å². The summed E-state index contributed by atoms with van der Waals surface area (Å²) < 4.78 is 18.7. The molecule has 0 fully saturated rings. The highest BCUT2D eigenvalue weighted by Gasteiger charge is 2.10. The van der Waals surface area contributed by atoms with Crippen molar-refractivity contribution in [3.8, 4) is 5.75 Å². The number of rotatable bonds is 5. The van der Waals surface area contributed by atoms with Crippen molar-refractivity contribution in [3.63, 3.8) is 0 Å². The van der Waals surface area contributed by atoms with Gasteiger partial charge in [0.05, 0.1) is 11.8 Å². The number of hydrogen-bond donors (Lipinski definition) is 2. The summed E-state index contributed by atoms with van der Waals surface area (Å²) in [5.41, 5.74) is 0.329. The lowest BCUT2D eigenvalue weighted by Crippen LogP contribution is -2.31. The van der Waals surface area contributed by atoms with Gasteiger partial charge in [-0.05, 0) is 31.9 Å². The molecule has 5 heteroatoms. The fourth-order valence-electron chi connectivity index (χ4n) is 1.42. The van der Waals surface area contributed by atoms with E-state index in [1.165, 1.54) is 18.2 Å². The molecule has 2 N–H and O–H groups in total. The predicted octanol–water partition coefficient (Wildman–Crippen LogP) is 3.39. The Bertz CT molecular complexity index is 433. The molecule has 0 aliphatic heterocycles. The van der Waals surface area contributed by atoms with Gasteiger partial charge in [-0.15, -0.1) is 0 Å². The molecule has 0 aromatic heterocycles. The number of halogens is 1. The second-order valence-electron chi connectivity index (χ2n) is 5.04. The van der Waals surface area contributed by atoms with E-state index in [0.717, 1.165) is 0 Å². The molecule has 1 aromatic carbocycles. The highest BCUT2D eigenvalue weighted by Crippen LogP contribution is 2.26. The number of urea groups is 1. The molecular weight excluding hydrogens is 247 g/mol. The highest BCUT2D eigenvalue weighted by atomic mass is 19.1. The lowest BCUT2D eigenvalue weighted by Gasteiger charge is -2.15. The number of amides is 2. The number of hydrogen-bond acceptors (Lipinski definition) is 2. The highest BCUT2D eigenvalue weighted by molar-refractivity contribution is 5.90. The quantitative estimate of drug-likeness (QED) is 0.860. The molecule has 0 unspecified atom stereocenters. The van der Waals surface area contributed by atoms with Crippen LogP contribution in [0.1, 0.15) is 27.7 Å². The SMILES string of the molecule is CC(C)CNC(=O)Nc1cc(F)ccc1OC(C)C. The van der Waals surface area contributed by atoms with E-state index >= 15 is 0 Å². The summed E-state index contributed by atoms with van der Waals surface area (Å²) in [6, 6.07) is 3.68. The molecule has 0 saturated carbocycles. The lowest BCUT2D eigenvalue weighted by molar-refractivity contribution is 0.241. The van der Waals surface area contributed by atoms with Crippen LogP contribution in [0.3, 0.4) is 0 Å². The number of nitrogens with one attached hydrogen (secondary N) is 2. The molecule has 0 bridgehead atoms. The van der Waals surface area contributed by atoms with Crippen molar-refractivity contribution in [2.24, 2.45) is 5.92 Å². The molecule has 0 atom stereocenters. The van der Waals surface area contributed by atoms with E-state index in [4.69, 9.17) is 4.74 Å². The molecule has 0 radical (unpaired) electrons. The first-order chi connectivity index (χ1) is 8.88. The van der Waals surface area contributed by atoms with Gasteiger partial charge in [-0.3, -0.25) is 0 Å². The maximum absolute atomic E-state index is 13.2. The Kier molecular flexibility index (Phi) is 5.60. The largest absolute Gasteiger partial charge is 0.489 e. The number of carbonyl (C=O) groups excluding carboxylic acids is 1. The van der Waals surface area contributed by atoms with Gasteiger partial charge in [0.15, 0.2) is 0 Å². The molecule has 2 amide bonds. The maximum Gasteiger partial charge on any atom is 0.319 e. The molecule has 1 aromatic rings. The number of ether oxygens (including phenoxy) is 1. The van der Waals surface area contributed by atoms with Crippen molar-refractivity contribution in [2.75, 3.05) is 11.9 Å². The predicted molar refractivity (Wildman–Crippen MR) is 74.0 cm³/mol. The molecule has 1 rings (SSSR count). The van der Waals surface area contributed by atoms with E-state index < -0.39 is 5.82 Å². The molecule has 19 heavy (non-hydrogen) atoms. The third-order valence-corrected chi connectivity index (χ3v) is 2.22. The first-order valence-corrected chi connectivity index (χ1v) is 6.39. The second-order valence-corrected chi connectivity index (χ2v) is 5.04. The standard InChI is InChI=1S/C14H21FN2O2/c1-9(2)8-16-14(18)17-12-7-11(15)5-6-13(12)19-10(3)4/h5-7,9-10H,8H2,1-4H3,(H2,16,17,18). The molecule has 0 aliphatic carbocycles. The molecule has 0 saturated heterocycles.